The van der Waals surface area contributed by atoms with Crippen LogP contribution in [0.2, 0.25) is 0 Å². The highest BCUT2D eigenvalue weighted by molar-refractivity contribution is 6.43. The summed E-state index contributed by atoms with van der Waals surface area (Å²) >= 11 is 0. The largest absolute Gasteiger partial charge is 0.460 e. The Labute approximate surface area is 153 Å². The van der Waals surface area contributed by atoms with Crippen molar-refractivity contribution in [3.05, 3.63) is 71.4 Å². The Morgan fingerprint density at radius 1 is 1.07 bits per heavy atom. The summed E-state index contributed by atoms with van der Waals surface area (Å²) in [5.74, 6) is -1.91. The molecule has 0 atom stereocenters. The van der Waals surface area contributed by atoms with E-state index in [2.05, 4.69) is 0 Å². The number of aromatic nitrogens is 1. The first-order valence-corrected chi connectivity index (χ1v) is 8.26. The summed E-state index contributed by atoms with van der Waals surface area (Å²) in [6, 6.07) is 12.2. The van der Waals surface area contributed by atoms with Crippen LogP contribution in [0.5, 0.6) is 0 Å². The fraction of sp³-hybridized carbons (Fsp3) is 0.200. The first-order valence-electron chi connectivity index (χ1n) is 8.26. The first kappa shape index (κ1) is 18.7. The van der Waals surface area contributed by atoms with Gasteiger partial charge in [0.2, 0.25) is 0 Å². The second-order valence-electron chi connectivity index (χ2n) is 5.94. The van der Waals surface area contributed by atoms with Gasteiger partial charge in [0.15, 0.2) is 0 Å². The number of Topliss-reactive ketones (excluding diaryl/α,β-unsaturated/α-hetero) is 1. The van der Waals surface area contributed by atoms with Crippen LogP contribution in [-0.4, -0.2) is 22.9 Å². The fourth-order valence-corrected chi connectivity index (χ4v) is 2.87. The number of halogens is 3. The van der Waals surface area contributed by atoms with Crippen molar-refractivity contribution in [2.75, 3.05) is 6.61 Å². The van der Waals surface area contributed by atoms with E-state index >= 15 is 0 Å². The van der Waals surface area contributed by atoms with Gasteiger partial charge in [-0.25, -0.2) is 4.79 Å². The molecule has 0 saturated carbocycles. The van der Waals surface area contributed by atoms with E-state index in [0.717, 1.165) is 17.7 Å². The zero-order valence-electron chi connectivity index (χ0n) is 14.4. The normalized spacial score (nSPS) is 11.6. The van der Waals surface area contributed by atoms with Crippen LogP contribution in [0.3, 0.4) is 0 Å². The quantitative estimate of drug-likeness (QED) is 0.376. The lowest BCUT2D eigenvalue weighted by Gasteiger charge is -2.09. The lowest BCUT2D eigenvalue weighted by atomic mass is 10.1. The predicted octanol–water partition coefficient (Wildman–Crippen LogP) is 4.45. The van der Waals surface area contributed by atoms with Gasteiger partial charge in [-0.2, -0.15) is 13.2 Å². The first-order chi connectivity index (χ1) is 12.8. The molecular formula is C20H16F3NO3. The third kappa shape index (κ3) is 3.86. The van der Waals surface area contributed by atoms with E-state index in [1.54, 1.807) is 6.92 Å². The minimum Gasteiger partial charge on any atom is -0.460 e. The predicted molar refractivity (Wildman–Crippen MR) is 93.4 cm³/mol. The Kier molecular flexibility index (Phi) is 5.03. The zero-order chi connectivity index (χ0) is 19.6. The molecule has 0 aliphatic heterocycles. The number of alkyl halides is 3. The molecule has 1 aromatic heterocycles. The van der Waals surface area contributed by atoms with E-state index in [-0.39, 0.29) is 29.6 Å². The molecule has 4 nitrogen and oxygen atoms in total. The van der Waals surface area contributed by atoms with E-state index in [1.165, 1.54) is 16.8 Å². The molecule has 0 unspecified atom stereocenters. The summed E-state index contributed by atoms with van der Waals surface area (Å²) in [6.45, 7) is 1.86. The Morgan fingerprint density at radius 3 is 2.41 bits per heavy atom. The van der Waals surface area contributed by atoms with Gasteiger partial charge in [-0.05, 0) is 24.6 Å². The van der Waals surface area contributed by atoms with Crippen molar-refractivity contribution >= 4 is 22.7 Å². The van der Waals surface area contributed by atoms with Crippen LogP contribution in [0, 0.1) is 0 Å². The van der Waals surface area contributed by atoms with Crippen molar-refractivity contribution in [2.45, 2.75) is 19.6 Å². The van der Waals surface area contributed by atoms with Gasteiger partial charge in [-0.15, -0.1) is 0 Å². The van der Waals surface area contributed by atoms with Crippen LogP contribution in [-0.2, 0) is 22.3 Å². The number of rotatable bonds is 5. The third-order valence-electron chi connectivity index (χ3n) is 4.11. The van der Waals surface area contributed by atoms with E-state index < -0.39 is 23.5 Å². The second kappa shape index (κ2) is 7.26. The van der Waals surface area contributed by atoms with Crippen molar-refractivity contribution < 1.29 is 27.5 Å². The van der Waals surface area contributed by atoms with Crippen molar-refractivity contribution in [3.63, 3.8) is 0 Å². The van der Waals surface area contributed by atoms with E-state index in [9.17, 15) is 22.8 Å². The maximum Gasteiger partial charge on any atom is 0.416 e. The van der Waals surface area contributed by atoms with Gasteiger partial charge in [-0.3, -0.25) is 4.79 Å². The lowest BCUT2D eigenvalue weighted by molar-refractivity contribution is -0.138. The molecule has 0 bridgehead atoms. The Bertz CT molecular complexity index is 991. The molecule has 0 N–H and O–H groups in total. The maximum absolute atomic E-state index is 13.1. The molecule has 0 aliphatic carbocycles. The topological polar surface area (TPSA) is 48.3 Å². The third-order valence-corrected chi connectivity index (χ3v) is 4.11. The molecule has 2 aromatic carbocycles. The molecular weight excluding hydrogens is 359 g/mol. The number of hydrogen-bond donors (Lipinski definition) is 0. The number of benzene rings is 2. The van der Waals surface area contributed by atoms with Crippen LogP contribution >= 0.6 is 0 Å². The molecule has 0 amide bonds. The SMILES string of the molecule is CCOC(=O)C(=O)c1cn(Cc2ccccc2)c2cc(C(F)(F)F)ccc12. The molecule has 0 saturated heterocycles. The van der Waals surface area contributed by atoms with Gasteiger partial charge in [0, 0.05) is 23.6 Å². The van der Waals surface area contributed by atoms with Crippen molar-refractivity contribution in [1.82, 2.24) is 4.57 Å². The molecule has 140 valence electrons. The average Bonchev–Trinajstić information content (AvgIpc) is 2.99. The number of ether oxygens (including phenoxy) is 1. The smallest absolute Gasteiger partial charge is 0.416 e. The maximum atomic E-state index is 13.1. The van der Waals surface area contributed by atoms with Gasteiger partial charge in [0.25, 0.3) is 5.78 Å². The fourth-order valence-electron chi connectivity index (χ4n) is 2.87. The summed E-state index contributed by atoms with van der Waals surface area (Å²) in [5.41, 5.74) is 0.272. The number of fused-ring (bicyclic) bond motifs is 1. The monoisotopic (exact) mass is 375 g/mol. The minimum atomic E-state index is -4.51. The van der Waals surface area contributed by atoms with Gasteiger partial charge in [0.1, 0.15) is 0 Å². The highest BCUT2D eigenvalue weighted by Crippen LogP contribution is 2.33. The molecule has 7 heteroatoms. The number of esters is 1. The van der Waals surface area contributed by atoms with Gasteiger partial charge in [-0.1, -0.05) is 36.4 Å². The standard InChI is InChI=1S/C20H16F3NO3/c1-2-27-19(26)18(25)16-12-24(11-13-6-4-3-5-7-13)17-10-14(20(21,22)23)8-9-15(16)17/h3-10,12H,2,11H2,1H3. The second-order valence-corrected chi connectivity index (χ2v) is 5.94. The van der Waals surface area contributed by atoms with Gasteiger partial charge in [0.05, 0.1) is 17.7 Å². The van der Waals surface area contributed by atoms with E-state index in [4.69, 9.17) is 4.74 Å². The van der Waals surface area contributed by atoms with Crippen molar-refractivity contribution in [1.29, 1.82) is 0 Å². The number of nitrogens with zero attached hydrogens (tertiary/aromatic N) is 1. The summed E-state index contributed by atoms with van der Waals surface area (Å²) in [5, 5.41) is 0.275. The Morgan fingerprint density at radius 2 is 1.78 bits per heavy atom. The van der Waals surface area contributed by atoms with Crippen LogP contribution in [0.25, 0.3) is 10.9 Å². The Hall–Kier alpha value is -3.09. The molecule has 0 fully saturated rings. The van der Waals surface area contributed by atoms with E-state index in [1.807, 2.05) is 30.3 Å². The number of hydrogen-bond acceptors (Lipinski definition) is 3. The Balaban J connectivity index is 2.14. The number of carbonyl (C=O) groups is 2. The molecule has 1 heterocycles. The molecule has 0 spiro atoms. The van der Waals surface area contributed by atoms with Crippen LogP contribution < -0.4 is 0 Å². The summed E-state index contributed by atoms with van der Waals surface area (Å²) in [6.07, 6.45) is -3.11. The number of carbonyl (C=O) groups excluding carboxylic acids is 2. The summed E-state index contributed by atoms with van der Waals surface area (Å²) in [7, 11) is 0. The highest BCUT2D eigenvalue weighted by atomic mass is 19.4. The van der Waals surface area contributed by atoms with Crippen LogP contribution in [0.1, 0.15) is 28.4 Å². The summed E-state index contributed by atoms with van der Waals surface area (Å²) < 4.78 is 45.6. The van der Waals surface area contributed by atoms with Crippen LogP contribution in [0.15, 0.2) is 54.7 Å². The van der Waals surface area contributed by atoms with Crippen molar-refractivity contribution in [2.24, 2.45) is 0 Å². The van der Waals surface area contributed by atoms with Gasteiger partial charge < -0.3 is 9.30 Å². The van der Waals surface area contributed by atoms with Gasteiger partial charge >= 0.3 is 12.1 Å². The lowest BCUT2D eigenvalue weighted by Crippen LogP contribution is -2.17. The average molecular weight is 375 g/mol. The minimum absolute atomic E-state index is 0.0214. The summed E-state index contributed by atoms with van der Waals surface area (Å²) in [4.78, 5) is 24.2. The number of ketones is 1. The molecule has 3 rings (SSSR count). The van der Waals surface area contributed by atoms with Crippen LogP contribution in [0.4, 0.5) is 13.2 Å². The molecule has 0 aliphatic rings. The molecule has 27 heavy (non-hydrogen) atoms. The molecule has 0 radical (unpaired) electrons. The zero-order valence-corrected chi connectivity index (χ0v) is 14.4. The van der Waals surface area contributed by atoms with Crippen molar-refractivity contribution in [3.8, 4) is 0 Å². The van der Waals surface area contributed by atoms with E-state index in [0.29, 0.717) is 0 Å². The molecule has 3 aromatic rings. The highest BCUT2D eigenvalue weighted by Gasteiger charge is 2.32.